The molecule has 0 rings (SSSR count). The molecule has 1 N–H and O–H groups in total. The van der Waals surface area contributed by atoms with Gasteiger partial charge < -0.3 is 18.1 Å². The second kappa shape index (κ2) is 6.88. The predicted molar refractivity (Wildman–Crippen MR) is 84.2 cm³/mol. The van der Waals surface area contributed by atoms with Gasteiger partial charge >= 0.3 is 9.05 Å². The summed E-state index contributed by atoms with van der Waals surface area (Å²) in [4.78, 5) is 10.6. The molecule has 0 saturated carbocycles. The van der Waals surface area contributed by atoms with Gasteiger partial charge in [-0.05, 0) is 16.2 Å². The van der Waals surface area contributed by atoms with Gasteiger partial charge in [0.2, 0.25) is 0 Å². The third-order valence-electron chi connectivity index (χ3n) is 2.06. The summed E-state index contributed by atoms with van der Waals surface area (Å²) in [6.45, 7) is 19.7. The minimum atomic E-state index is -3.58. The SMILES string of the molecule is CC(C)(C)CO[Si](O)(OCC(C)(C)C)OCC(C)(C)C. The summed E-state index contributed by atoms with van der Waals surface area (Å²) in [6.07, 6.45) is 0. The second-order valence-corrected chi connectivity index (χ2v) is 11.0. The summed E-state index contributed by atoms with van der Waals surface area (Å²) in [5, 5.41) is 0. The Morgan fingerprint density at radius 3 is 0.950 bits per heavy atom. The predicted octanol–water partition coefficient (Wildman–Crippen LogP) is 3.60. The Morgan fingerprint density at radius 2 is 0.800 bits per heavy atom. The Morgan fingerprint density at radius 1 is 0.600 bits per heavy atom. The molecule has 0 aliphatic carbocycles. The van der Waals surface area contributed by atoms with Gasteiger partial charge in [0.25, 0.3) is 0 Å². The van der Waals surface area contributed by atoms with Crippen LogP contribution in [0.3, 0.4) is 0 Å². The van der Waals surface area contributed by atoms with Gasteiger partial charge in [-0.1, -0.05) is 62.3 Å². The second-order valence-electron chi connectivity index (χ2n) is 9.07. The number of hydrogen-bond donors (Lipinski definition) is 1. The van der Waals surface area contributed by atoms with Gasteiger partial charge in [0.05, 0.1) is 0 Å². The molecular formula is C15H34O4Si. The van der Waals surface area contributed by atoms with Crippen LogP contribution in [0.2, 0.25) is 0 Å². The largest absolute Gasteiger partial charge is 0.677 e. The maximum atomic E-state index is 10.6. The highest BCUT2D eigenvalue weighted by Crippen LogP contribution is 2.23. The molecule has 20 heavy (non-hydrogen) atoms. The molecule has 5 heteroatoms. The highest BCUT2D eigenvalue weighted by atomic mass is 28.4. The molecule has 0 bridgehead atoms. The van der Waals surface area contributed by atoms with E-state index < -0.39 is 9.05 Å². The van der Waals surface area contributed by atoms with Crippen molar-refractivity contribution >= 4 is 9.05 Å². The molecule has 0 saturated heterocycles. The van der Waals surface area contributed by atoms with Crippen molar-refractivity contribution in [3.05, 3.63) is 0 Å². The Kier molecular flexibility index (Phi) is 6.90. The van der Waals surface area contributed by atoms with Crippen LogP contribution in [0.1, 0.15) is 62.3 Å². The third-order valence-corrected chi connectivity index (χ3v) is 3.59. The molecule has 0 aromatic heterocycles. The van der Waals surface area contributed by atoms with Gasteiger partial charge in [-0.25, -0.2) is 0 Å². The van der Waals surface area contributed by atoms with Crippen molar-refractivity contribution in [1.29, 1.82) is 0 Å². The maximum Gasteiger partial charge on any atom is 0.677 e. The van der Waals surface area contributed by atoms with Crippen LogP contribution in [0.4, 0.5) is 0 Å². The molecule has 0 aliphatic rings. The lowest BCUT2D eigenvalue weighted by Crippen LogP contribution is -2.50. The van der Waals surface area contributed by atoms with E-state index in [0.29, 0.717) is 19.8 Å². The quantitative estimate of drug-likeness (QED) is 0.762. The molecular weight excluding hydrogens is 272 g/mol. The van der Waals surface area contributed by atoms with Gasteiger partial charge in [-0.15, -0.1) is 0 Å². The first kappa shape index (κ1) is 20.1. The van der Waals surface area contributed by atoms with Crippen LogP contribution in [0, 0.1) is 16.2 Å². The zero-order valence-corrected chi connectivity index (χ0v) is 15.8. The Bertz CT molecular complexity index is 238. The molecule has 122 valence electrons. The summed E-state index contributed by atoms with van der Waals surface area (Å²) in [5.74, 6) is 0. The van der Waals surface area contributed by atoms with Crippen LogP contribution >= 0.6 is 0 Å². The first-order valence-electron chi connectivity index (χ1n) is 7.26. The van der Waals surface area contributed by atoms with E-state index in [9.17, 15) is 4.80 Å². The molecule has 4 nitrogen and oxygen atoms in total. The van der Waals surface area contributed by atoms with E-state index in [-0.39, 0.29) is 16.2 Å². The number of hydrogen-bond acceptors (Lipinski definition) is 4. The molecule has 0 atom stereocenters. The van der Waals surface area contributed by atoms with Gasteiger partial charge in [0.1, 0.15) is 0 Å². The normalized spacial score (nSPS) is 14.7. The van der Waals surface area contributed by atoms with Gasteiger partial charge in [-0.2, -0.15) is 0 Å². The van der Waals surface area contributed by atoms with Crippen molar-refractivity contribution in [1.82, 2.24) is 0 Å². The van der Waals surface area contributed by atoms with E-state index in [1.165, 1.54) is 0 Å². The summed E-state index contributed by atoms with van der Waals surface area (Å²) in [7, 11) is -3.58. The van der Waals surface area contributed by atoms with Crippen LogP contribution in [-0.2, 0) is 13.3 Å². The monoisotopic (exact) mass is 306 g/mol. The molecule has 0 amide bonds. The van der Waals surface area contributed by atoms with E-state index in [0.717, 1.165) is 0 Å². The van der Waals surface area contributed by atoms with Gasteiger partial charge in [0.15, 0.2) is 0 Å². The third kappa shape index (κ3) is 11.8. The molecule has 0 fully saturated rings. The van der Waals surface area contributed by atoms with E-state index in [4.69, 9.17) is 13.3 Å². The summed E-state index contributed by atoms with van der Waals surface area (Å²) < 4.78 is 16.9. The van der Waals surface area contributed by atoms with E-state index >= 15 is 0 Å². The molecule has 0 aromatic rings. The highest BCUT2D eigenvalue weighted by Gasteiger charge is 2.44. The van der Waals surface area contributed by atoms with Crippen molar-refractivity contribution < 1.29 is 18.1 Å². The fourth-order valence-electron chi connectivity index (χ4n) is 1.05. The molecule has 0 aliphatic heterocycles. The van der Waals surface area contributed by atoms with Crippen molar-refractivity contribution in [2.45, 2.75) is 62.3 Å². The average molecular weight is 307 g/mol. The van der Waals surface area contributed by atoms with Crippen LogP contribution in [0.15, 0.2) is 0 Å². The van der Waals surface area contributed by atoms with Gasteiger partial charge in [-0.3, -0.25) is 0 Å². The van der Waals surface area contributed by atoms with Crippen molar-refractivity contribution in [3.63, 3.8) is 0 Å². The topological polar surface area (TPSA) is 47.9 Å². The van der Waals surface area contributed by atoms with E-state index in [2.05, 4.69) is 62.3 Å². The fourth-order valence-corrected chi connectivity index (χ4v) is 3.14. The van der Waals surface area contributed by atoms with Crippen molar-refractivity contribution in [2.24, 2.45) is 16.2 Å². The zero-order chi connectivity index (χ0) is 16.2. The number of rotatable bonds is 6. The molecule has 0 heterocycles. The lowest BCUT2D eigenvalue weighted by molar-refractivity contribution is -0.0484. The van der Waals surface area contributed by atoms with E-state index in [1.54, 1.807) is 0 Å². The standard InChI is InChI=1S/C15H34O4Si/c1-13(2,3)10-17-20(16,18-11-14(4,5)6)19-12-15(7,8)9/h16H,10-12H2,1-9H3. The highest BCUT2D eigenvalue weighted by molar-refractivity contribution is 6.51. The van der Waals surface area contributed by atoms with Crippen LogP contribution < -0.4 is 0 Å². The maximum absolute atomic E-state index is 10.6. The van der Waals surface area contributed by atoms with Crippen LogP contribution in [-0.4, -0.2) is 33.7 Å². The molecule has 0 spiro atoms. The summed E-state index contributed by atoms with van der Waals surface area (Å²) >= 11 is 0. The van der Waals surface area contributed by atoms with Crippen molar-refractivity contribution in [2.75, 3.05) is 19.8 Å². The first-order valence-corrected chi connectivity index (χ1v) is 8.93. The summed E-state index contributed by atoms with van der Waals surface area (Å²) in [5.41, 5.74) is -0.133. The molecule has 0 unspecified atom stereocenters. The van der Waals surface area contributed by atoms with E-state index in [1.807, 2.05) is 0 Å². The Hall–Kier alpha value is 0.0569. The minimum absolute atomic E-state index is 0.0445. The zero-order valence-electron chi connectivity index (χ0n) is 14.8. The molecule has 0 radical (unpaired) electrons. The van der Waals surface area contributed by atoms with Crippen LogP contribution in [0.5, 0.6) is 0 Å². The molecule has 0 aromatic carbocycles. The Labute approximate surface area is 126 Å². The van der Waals surface area contributed by atoms with Crippen LogP contribution in [0.25, 0.3) is 0 Å². The smallest absolute Gasteiger partial charge is 0.367 e. The average Bonchev–Trinajstić information content (AvgIpc) is 2.18. The fraction of sp³-hybridized carbons (Fsp3) is 1.00. The lowest BCUT2D eigenvalue weighted by atomic mass is 9.99. The Balaban J connectivity index is 4.66. The lowest BCUT2D eigenvalue weighted by Gasteiger charge is -2.31. The summed E-state index contributed by atoms with van der Waals surface area (Å²) in [6, 6.07) is 0. The van der Waals surface area contributed by atoms with Crippen molar-refractivity contribution in [3.8, 4) is 0 Å². The first-order chi connectivity index (χ1) is 8.62. The minimum Gasteiger partial charge on any atom is -0.367 e. The van der Waals surface area contributed by atoms with Gasteiger partial charge in [0, 0.05) is 19.8 Å².